The number of aromatic nitrogens is 3. The number of aromatic amines is 1. The molecule has 3 rings (SSSR count). The number of alkyl halides is 7. The molecule has 0 amide bonds. The Labute approximate surface area is 180 Å². The van der Waals surface area contributed by atoms with Gasteiger partial charge in [-0.15, -0.1) is 0 Å². The molecule has 2 aromatic heterocycles. The Bertz CT molecular complexity index is 1030. The Kier molecular flexibility index (Phi) is 7.21. The predicted octanol–water partition coefficient (Wildman–Crippen LogP) is 5.70. The van der Waals surface area contributed by atoms with E-state index in [1.165, 1.54) is 12.3 Å². The van der Waals surface area contributed by atoms with Crippen molar-refractivity contribution in [2.45, 2.75) is 37.2 Å². The third kappa shape index (κ3) is 6.31. The summed E-state index contributed by atoms with van der Waals surface area (Å²) in [6.45, 7) is -6.42. The summed E-state index contributed by atoms with van der Waals surface area (Å²) < 4.78 is 101. The van der Waals surface area contributed by atoms with Crippen molar-refractivity contribution in [3.63, 3.8) is 0 Å². The van der Waals surface area contributed by atoms with Gasteiger partial charge < -0.3 is 19.2 Å². The maximum atomic E-state index is 12.6. The van der Waals surface area contributed by atoms with Gasteiger partial charge in [-0.3, -0.25) is 4.98 Å². The molecule has 3 aromatic rings. The minimum Gasteiger partial charge on any atom is -0.484 e. The molecule has 0 spiro atoms. The van der Waals surface area contributed by atoms with E-state index in [-0.39, 0.29) is 27.7 Å². The molecule has 0 fully saturated rings. The lowest BCUT2D eigenvalue weighted by Crippen LogP contribution is -2.19. The smallest absolute Gasteiger partial charge is 0.422 e. The van der Waals surface area contributed by atoms with Crippen LogP contribution in [-0.2, 0) is 5.75 Å². The van der Waals surface area contributed by atoms with Crippen molar-refractivity contribution in [3.05, 3.63) is 35.7 Å². The highest BCUT2D eigenvalue weighted by Gasteiger charge is 2.29. The van der Waals surface area contributed by atoms with Crippen molar-refractivity contribution >= 4 is 22.8 Å². The van der Waals surface area contributed by atoms with Gasteiger partial charge in [-0.05, 0) is 13.0 Å². The maximum Gasteiger partial charge on any atom is 0.422 e. The molecule has 0 aliphatic heterocycles. The second kappa shape index (κ2) is 9.71. The molecule has 0 saturated carbocycles. The lowest BCUT2D eigenvalue weighted by molar-refractivity contribution is -0.153. The van der Waals surface area contributed by atoms with E-state index in [0.717, 1.165) is 23.9 Å². The molecule has 0 aliphatic carbocycles. The number of rotatable bonds is 9. The number of hydrogen-bond donors (Lipinski definition) is 1. The minimum absolute atomic E-state index is 0.0279. The number of fused-ring (bicyclic) bond motifs is 1. The van der Waals surface area contributed by atoms with Crippen LogP contribution in [0.2, 0.25) is 0 Å². The Morgan fingerprint density at radius 1 is 1.03 bits per heavy atom. The zero-order valence-corrected chi connectivity index (χ0v) is 16.9. The van der Waals surface area contributed by atoms with Gasteiger partial charge in [0.05, 0.1) is 16.7 Å². The van der Waals surface area contributed by atoms with Gasteiger partial charge in [0.25, 0.3) is 0 Å². The van der Waals surface area contributed by atoms with Crippen LogP contribution in [0.3, 0.4) is 0 Å². The van der Waals surface area contributed by atoms with Crippen molar-refractivity contribution < 1.29 is 44.9 Å². The molecule has 0 unspecified atom stereocenters. The van der Waals surface area contributed by atoms with Crippen LogP contribution in [0.1, 0.15) is 11.3 Å². The summed E-state index contributed by atoms with van der Waals surface area (Å²) in [5, 5.41) is 0.278. The molecule has 14 heteroatoms. The second-order valence-corrected chi connectivity index (χ2v) is 7.15. The molecule has 1 aromatic carbocycles. The molecule has 6 nitrogen and oxygen atoms in total. The zero-order valence-electron chi connectivity index (χ0n) is 16.1. The van der Waals surface area contributed by atoms with Gasteiger partial charge in [0.15, 0.2) is 23.3 Å². The van der Waals surface area contributed by atoms with Crippen molar-refractivity contribution in [2.75, 3.05) is 6.61 Å². The molecule has 174 valence electrons. The van der Waals surface area contributed by atoms with Gasteiger partial charge in [-0.1, -0.05) is 11.8 Å². The molecule has 0 aliphatic rings. The first-order chi connectivity index (χ1) is 15.0. The Hall–Kier alpha value is -2.90. The molecule has 0 bridgehead atoms. The van der Waals surface area contributed by atoms with Gasteiger partial charge >= 0.3 is 19.4 Å². The number of thioether (sulfide) groups is 1. The number of H-pyrrole nitrogens is 1. The Morgan fingerprint density at radius 3 is 2.31 bits per heavy atom. The molecule has 0 saturated heterocycles. The molecule has 0 atom stereocenters. The Morgan fingerprint density at radius 2 is 1.69 bits per heavy atom. The van der Waals surface area contributed by atoms with E-state index in [0.29, 0.717) is 11.3 Å². The van der Waals surface area contributed by atoms with E-state index in [1.807, 2.05) is 0 Å². The largest absolute Gasteiger partial charge is 0.484 e. The average Bonchev–Trinajstić information content (AvgIpc) is 3.06. The molecular formula is C18H14F7N3O3S. The van der Waals surface area contributed by atoms with Crippen LogP contribution in [0, 0.1) is 6.92 Å². The second-order valence-electron chi connectivity index (χ2n) is 6.19. The van der Waals surface area contributed by atoms with Crippen molar-refractivity contribution in [2.24, 2.45) is 0 Å². The summed E-state index contributed by atoms with van der Waals surface area (Å²) >= 11 is 1.10. The molecule has 0 radical (unpaired) electrons. The van der Waals surface area contributed by atoms with Gasteiger partial charge in [0, 0.05) is 29.6 Å². The predicted molar refractivity (Wildman–Crippen MR) is 99.4 cm³/mol. The molecule has 2 heterocycles. The normalized spacial score (nSPS) is 12.1. The summed E-state index contributed by atoms with van der Waals surface area (Å²) in [6.07, 6.45) is -3.19. The van der Waals surface area contributed by atoms with Crippen LogP contribution in [0.25, 0.3) is 11.0 Å². The van der Waals surface area contributed by atoms with Crippen molar-refractivity contribution in [1.82, 2.24) is 15.0 Å². The summed E-state index contributed by atoms with van der Waals surface area (Å²) in [7, 11) is 0. The van der Waals surface area contributed by atoms with Crippen LogP contribution >= 0.6 is 11.8 Å². The summed E-state index contributed by atoms with van der Waals surface area (Å²) in [5.74, 6) is -1.00. The van der Waals surface area contributed by atoms with Crippen molar-refractivity contribution in [3.8, 4) is 17.2 Å². The van der Waals surface area contributed by atoms with E-state index >= 15 is 0 Å². The first-order valence-corrected chi connectivity index (χ1v) is 9.70. The number of hydrogen-bond acceptors (Lipinski definition) is 6. The molecule has 1 N–H and O–H groups in total. The first-order valence-electron chi connectivity index (χ1n) is 8.72. The fraction of sp³-hybridized carbons (Fsp3) is 0.333. The van der Waals surface area contributed by atoms with E-state index in [4.69, 9.17) is 4.74 Å². The topological polar surface area (TPSA) is 69.3 Å². The number of halogens is 7. The molecule has 32 heavy (non-hydrogen) atoms. The van der Waals surface area contributed by atoms with Crippen LogP contribution in [0.15, 0.2) is 29.6 Å². The van der Waals surface area contributed by atoms with E-state index in [9.17, 15) is 30.7 Å². The lowest BCUT2D eigenvalue weighted by Gasteiger charge is -2.13. The first kappa shape index (κ1) is 23.8. The van der Waals surface area contributed by atoms with Gasteiger partial charge in [0.2, 0.25) is 0 Å². The third-order valence-corrected chi connectivity index (χ3v) is 4.84. The van der Waals surface area contributed by atoms with Gasteiger partial charge in [-0.2, -0.15) is 30.7 Å². The quantitative estimate of drug-likeness (QED) is 0.310. The number of benzene rings is 1. The summed E-state index contributed by atoms with van der Waals surface area (Å²) in [6, 6.07) is 3.38. The van der Waals surface area contributed by atoms with Crippen LogP contribution in [-0.4, -0.2) is 41.0 Å². The number of nitrogens with zero attached hydrogens (tertiary/aromatic N) is 2. The summed E-state index contributed by atoms with van der Waals surface area (Å²) in [5.41, 5.74) is 1.20. The minimum atomic E-state index is -4.49. The number of ether oxygens (including phenoxy) is 3. The van der Waals surface area contributed by atoms with E-state index < -0.39 is 37.5 Å². The monoisotopic (exact) mass is 485 g/mol. The van der Waals surface area contributed by atoms with Gasteiger partial charge in [0.1, 0.15) is 5.75 Å². The third-order valence-electron chi connectivity index (χ3n) is 3.95. The van der Waals surface area contributed by atoms with Gasteiger partial charge in [-0.25, -0.2) is 4.98 Å². The fourth-order valence-corrected chi connectivity index (χ4v) is 3.51. The number of nitrogens with one attached hydrogen (secondary N) is 1. The standard InChI is InChI=1S/C18H14F7N3O3S/c1-8-11(26-3-2-12(8)29-7-18(23,24)25)6-32-17-27-9-4-13(30-15(19)20)14(31-16(21)22)5-10(9)28-17/h2-5,15-16H,6-7H2,1H3,(H,27,28). The van der Waals surface area contributed by atoms with E-state index in [2.05, 4.69) is 24.4 Å². The van der Waals surface area contributed by atoms with E-state index in [1.54, 1.807) is 6.92 Å². The van der Waals surface area contributed by atoms with Crippen LogP contribution in [0.5, 0.6) is 17.2 Å². The highest BCUT2D eigenvalue weighted by atomic mass is 32.2. The highest BCUT2D eigenvalue weighted by molar-refractivity contribution is 7.98. The average molecular weight is 485 g/mol. The van der Waals surface area contributed by atoms with Crippen molar-refractivity contribution in [1.29, 1.82) is 0 Å². The number of pyridine rings is 1. The maximum absolute atomic E-state index is 12.6. The fourth-order valence-electron chi connectivity index (χ4n) is 2.60. The lowest BCUT2D eigenvalue weighted by atomic mass is 10.2. The zero-order chi connectivity index (χ0) is 23.5. The van der Waals surface area contributed by atoms with Crippen LogP contribution in [0.4, 0.5) is 30.7 Å². The Balaban J connectivity index is 1.78. The summed E-state index contributed by atoms with van der Waals surface area (Å²) in [4.78, 5) is 11.1. The SMILES string of the molecule is Cc1c(OCC(F)(F)F)ccnc1CSc1nc2cc(OC(F)F)c(OC(F)F)cc2[nH]1. The number of imidazole rings is 1. The van der Waals surface area contributed by atoms with Crippen LogP contribution < -0.4 is 14.2 Å². The highest BCUT2D eigenvalue weighted by Crippen LogP contribution is 2.35. The molecular weight excluding hydrogens is 471 g/mol.